The summed E-state index contributed by atoms with van der Waals surface area (Å²) in [6.45, 7) is 11.2. The lowest BCUT2D eigenvalue weighted by molar-refractivity contribution is 0.234. The molecule has 0 atom stereocenters. The Morgan fingerprint density at radius 2 is 1.95 bits per heavy atom. The van der Waals surface area contributed by atoms with E-state index in [1.54, 1.807) is 0 Å². The number of aryl methyl sites for hydroxylation is 1. The van der Waals surface area contributed by atoms with Crippen LogP contribution < -0.4 is 16.0 Å². The Morgan fingerprint density at radius 3 is 2.47 bits per heavy atom. The highest BCUT2D eigenvalue weighted by molar-refractivity contribution is 5.47. The molecule has 1 aromatic rings. The second-order valence-corrected chi connectivity index (χ2v) is 5.97. The van der Waals surface area contributed by atoms with Crippen LogP contribution in [-0.4, -0.2) is 16.6 Å². The quantitative estimate of drug-likeness (QED) is 0.612. The Kier molecular flexibility index (Phi) is 5.54. The first kappa shape index (κ1) is 15.7. The Balaban J connectivity index is 2.83. The highest BCUT2D eigenvalue weighted by Gasteiger charge is 2.14. The Hall–Kier alpha value is -1.36. The number of nitrogen functional groups attached to an aromatic ring is 1. The number of anilines is 1. The number of rotatable bonds is 6. The van der Waals surface area contributed by atoms with Crippen LogP contribution in [0.15, 0.2) is 0 Å². The van der Waals surface area contributed by atoms with Gasteiger partial charge in [0.2, 0.25) is 5.88 Å². The molecular weight excluding hydrogens is 240 g/mol. The van der Waals surface area contributed by atoms with Crippen molar-refractivity contribution in [3.8, 4) is 5.88 Å². The molecule has 0 spiro atoms. The minimum absolute atomic E-state index is 0.252. The van der Waals surface area contributed by atoms with Gasteiger partial charge in [-0.15, -0.1) is 0 Å². The van der Waals surface area contributed by atoms with Crippen molar-refractivity contribution in [3.05, 3.63) is 11.4 Å². The van der Waals surface area contributed by atoms with Gasteiger partial charge in [-0.05, 0) is 25.2 Å². The topological polar surface area (TPSA) is 73.1 Å². The van der Waals surface area contributed by atoms with Gasteiger partial charge in [-0.25, -0.2) is 10.8 Å². The van der Waals surface area contributed by atoms with Crippen molar-refractivity contribution in [2.24, 2.45) is 11.3 Å². The molecule has 1 rings (SSSR count). The third-order valence-corrected chi connectivity index (χ3v) is 2.85. The molecule has 0 aromatic carbocycles. The summed E-state index contributed by atoms with van der Waals surface area (Å²) < 4.78 is 5.80. The Labute approximate surface area is 115 Å². The van der Waals surface area contributed by atoms with Crippen LogP contribution >= 0.6 is 0 Å². The molecule has 0 saturated carbocycles. The fraction of sp³-hybridized carbons (Fsp3) is 0.714. The highest BCUT2D eigenvalue weighted by atomic mass is 16.5. The molecule has 3 N–H and O–H groups in total. The summed E-state index contributed by atoms with van der Waals surface area (Å²) in [5.74, 6) is 7.53. The van der Waals surface area contributed by atoms with Crippen molar-refractivity contribution in [2.75, 3.05) is 12.0 Å². The molecule has 0 unspecified atom stereocenters. The SMILES string of the molecule is CCCc1nc(NN)c(C)c(OCCC(C)(C)C)n1. The van der Waals surface area contributed by atoms with Crippen LogP contribution in [-0.2, 0) is 6.42 Å². The minimum atomic E-state index is 0.252. The largest absolute Gasteiger partial charge is 0.477 e. The first-order valence-corrected chi connectivity index (χ1v) is 6.84. The van der Waals surface area contributed by atoms with E-state index in [0.29, 0.717) is 18.3 Å². The monoisotopic (exact) mass is 266 g/mol. The van der Waals surface area contributed by atoms with Gasteiger partial charge in [-0.2, -0.15) is 4.98 Å². The van der Waals surface area contributed by atoms with Crippen molar-refractivity contribution in [3.63, 3.8) is 0 Å². The molecule has 0 fully saturated rings. The van der Waals surface area contributed by atoms with E-state index in [1.807, 2.05) is 6.92 Å². The van der Waals surface area contributed by atoms with Gasteiger partial charge in [0.1, 0.15) is 11.6 Å². The molecule has 0 radical (unpaired) electrons. The van der Waals surface area contributed by atoms with Crippen LogP contribution in [0.3, 0.4) is 0 Å². The molecule has 5 heteroatoms. The van der Waals surface area contributed by atoms with E-state index in [2.05, 4.69) is 43.1 Å². The zero-order valence-corrected chi connectivity index (χ0v) is 12.7. The zero-order chi connectivity index (χ0) is 14.5. The summed E-state index contributed by atoms with van der Waals surface area (Å²) in [5, 5.41) is 0. The van der Waals surface area contributed by atoms with Gasteiger partial charge in [0, 0.05) is 6.42 Å². The molecule has 1 heterocycles. The predicted molar refractivity (Wildman–Crippen MR) is 78.1 cm³/mol. The van der Waals surface area contributed by atoms with E-state index in [-0.39, 0.29) is 5.41 Å². The second kappa shape index (κ2) is 6.70. The summed E-state index contributed by atoms with van der Waals surface area (Å²) in [6.07, 6.45) is 2.80. The number of nitrogens with zero attached hydrogens (tertiary/aromatic N) is 2. The highest BCUT2D eigenvalue weighted by Crippen LogP contribution is 2.24. The van der Waals surface area contributed by atoms with E-state index in [0.717, 1.165) is 30.7 Å². The number of ether oxygens (including phenoxy) is 1. The second-order valence-electron chi connectivity index (χ2n) is 5.97. The predicted octanol–water partition coefficient (Wildman–Crippen LogP) is 2.84. The first-order chi connectivity index (χ1) is 8.87. The van der Waals surface area contributed by atoms with Crippen LogP contribution in [0.5, 0.6) is 5.88 Å². The van der Waals surface area contributed by atoms with Crippen LogP contribution in [0, 0.1) is 12.3 Å². The number of hydrogen-bond acceptors (Lipinski definition) is 5. The summed E-state index contributed by atoms with van der Waals surface area (Å²) in [4.78, 5) is 8.83. The zero-order valence-electron chi connectivity index (χ0n) is 12.7. The smallest absolute Gasteiger partial charge is 0.221 e. The minimum Gasteiger partial charge on any atom is -0.477 e. The van der Waals surface area contributed by atoms with Crippen LogP contribution in [0.25, 0.3) is 0 Å². The molecule has 0 amide bonds. The van der Waals surface area contributed by atoms with Crippen LogP contribution in [0.4, 0.5) is 5.82 Å². The average Bonchev–Trinajstić information content (AvgIpc) is 2.31. The molecule has 0 bridgehead atoms. The molecule has 1 aromatic heterocycles. The third kappa shape index (κ3) is 5.03. The summed E-state index contributed by atoms with van der Waals surface area (Å²) in [6, 6.07) is 0. The molecule has 0 aliphatic heterocycles. The molecule has 0 aliphatic rings. The number of aromatic nitrogens is 2. The van der Waals surface area contributed by atoms with Crippen molar-refractivity contribution < 1.29 is 4.74 Å². The molecule has 108 valence electrons. The van der Waals surface area contributed by atoms with Gasteiger partial charge in [0.15, 0.2) is 0 Å². The summed E-state index contributed by atoms with van der Waals surface area (Å²) in [7, 11) is 0. The number of nitrogens with two attached hydrogens (primary N) is 1. The van der Waals surface area contributed by atoms with Crippen molar-refractivity contribution in [2.45, 2.75) is 53.9 Å². The van der Waals surface area contributed by atoms with E-state index < -0.39 is 0 Å². The van der Waals surface area contributed by atoms with Crippen LogP contribution in [0.2, 0.25) is 0 Å². The maximum Gasteiger partial charge on any atom is 0.221 e. The average molecular weight is 266 g/mol. The lowest BCUT2D eigenvalue weighted by atomic mass is 9.93. The Bertz CT molecular complexity index is 413. The summed E-state index contributed by atoms with van der Waals surface area (Å²) >= 11 is 0. The summed E-state index contributed by atoms with van der Waals surface area (Å²) in [5.41, 5.74) is 3.72. The number of hydrogen-bond donors (Lipinski definition) is 2. The van der Waals surface area contributed by atoms with Gasteiger partial charge in [0.25, 0.3) is 0 Å². The molecule has 19 heavy (non-hydrogen) atoms. The van der Waals surface area contributed by atoms with Crippen molar-refractivity contribution in [1.82, 2.24) is 9.97 Å². The van der Waals surface area contributed by atoms with Gasteiger partial charge >= 0.3 is 0 Å². The molecular formula is C14H26N4O. The van der Waals surface area contributed by atoms with Crippen molar-refractivity contribution >= 4 is 5.82 Å². The van der Waals surface area contributed by atoms with Gasteiger partial charge < -0.3 is 10.2 Å². The maximum absolute atomic E-state index is 5.80. The third-order valence-electron chi connectivity index (χ3n) is 2.85. The lowest BCUT2D eigenvalue weighted by Crippen LogP contribution is -2.16. The fourth-order valence-electron chi connectivity index (χ4n) is 1.61. The van der Waals surface area contributed by atoms with Gasteiger partial charge in [-0.3, -0.25) is 0 Å². The van der Waals surface area contributed by atoms with Crippen LogP contribution in [0.1, 0.15) is 51.9 Å². The van der Waals surface area contributed by atoms with E-state index in [4.69, 9.17) is 10.6 Å². The van der Waals surface area contributed by atoms with Crippen molar-refractivity contribution in [1.29, 1.82) is 0 Å². The van der Waals surface area contributed by atoms with E-state index in [9.17, 15) is 0 Å². The lowest BCUT2D eigenvalue weighted by Gasteiger charge is -2.19. The maximum atomic E-state index is 5.80. The first-order valence-electron chi connectivity index (χ1n) is 6.84. The van der Waals surface area contributed by atoms with Gasteiger partial charge in [-0.1, -0.05) is 27.7 Å². The standard InChI is InChI=1S/C14H26N4O/c1-6-7-11-16-12(18-15)10(2)13(17-11)19-9-8-14(3,4)5/h6-9,15H2,1-5H3,(H,16,17,18). The number of hydrazine groups is 1. The molecule has 0 saturated heterocycles. The number of nitrogens with one attached hydrogen (secondary N) is 1. The molecule has 0 aliphatic carbocycles. The fourth-order valence-corrected chi connectivity index (χ4v) is 1.61. The van der Waals surface area contributed by atoms with E-state index in [1.165, 1.54) is 0 Å². The Morgan fingerprint density at radius 1 is 1.26 bits per heavy atom. The van der Waals surface area contributed by atoms with Gasteiger partial charge in [0.05, 0.1) is 12.2 Å². The van der Waals surface area contributed by atoms with E-state index >= 15 is 0 Å². The normalized spacial score (nSPS) is 11.5. The molecule has 5 nitrogen and oxygen atoms in total.